The summed E-state index contributed by atoms with van der Waals surface area (Å²) in [6.45, 7) is 17.2. The van der Waals surface area contributed by atoms with Gasteiger partial charge in [0, 0.05) is 0 Å². The largest absolute Gasteiger partial charge is 0.330 e. The molecule has 0 amide bonds. The number of hydrogen-bond donors (Lipinski definition) is 1. The second-order valence-corrected chi connectivity index (χ2v) is 5.81. The summed E-state index contributed by atoms with van der Waals surface area (Å²) in [5, 5.41) is 0. The normalized spacial score (nSPS) is 13.3. The second kappa shape index (κ2) is 13.8. The molecule has 0 heterocycles. The van der Waals surface area contributed by atoms with E-state index in [4.69, 9.17) is 5.73 Å². The third-order valence-electron chi connectivity index (χ3n) is 4.53. The van der Waals surface area contributed by atoms with Crippen LogP contribution in [0.5, 0.6) is 0 Å². The quantitative estimate of drug-likeness (QED) is 0.532. The summed E-state index contributed by atoms with van der Waals surface area (Å²) in [6.07, 6.45) is 6.46. The van der Waals surface area contributed by atoms with Gasteiger partial charge in [0.2, 0.25) is 0 Å². The van der Waals surface area contributed by atoms with Crippen molar-refractivity contribution in [3.05, 3.63) is 0 Å². The van der Waals surface area contributed by atoms with Gasteiger partial charge >= 0.3 is 0 Å². The highest BCUT2D eigenvalue weighted by Gasteiger charge is 2.08. The Morgan fingerprint density at radius 2 is 1.30 bits per heavy atom. The monoisotopic (exact) mass is 285 g/mol. The first-order valence-corrected chi connectivity index (χ1v) is 8.86. The van der Waals surface area contributed by atoms with E-state index in [9.17, 15) is 0 Å². The van der Waals surface area contributed by atoms with Crippen LogP contribution in [0.2, 0.25) is 0 Å². The first-order chi connectivity index (χ1) is 9.71. The van der Waals surface area contributed by atoms with Gasteiger partial charge in [0.25, 0.3) is 0 Å². The van der Waals surface area contributed by atoms with Gasteiger partial charge in [-0.3, -0.25) is 0 Å². The molecule has 1 atom stereocenters. The Hall–Kier alpha value is -0.120. The van der Waals surface area contributed by atoms with Crippen LogP contribution in [0.15, 0.2) is 0 Å². The summed E-state index contributed by atoms with van der Waals surface area (Å²) in [4.78, 5) is 5.13. The van der Waals surface area contributed by atoms with Crippen LogP contribution in [0.3, 0.4) is 0 Å². The van der Waals surface area contributed by atoms with Crippen molar-refractivity contribution in [2.45, 2.75) is 59.8 Å². The Morgan fingerprint density at radius 1 is 0.750 bits per heavy atom. The van der Waals surface area contributed by atoms with Crippen LogP contribution in [0.25, 0.3) is 0 Å². The van der Waals surface area contributed by atoms with Crippen molar-refractivity contribution in [3.8, 4) is 0 Å². The lowest BCUT2D eigenvalue weighted by atomic mass is 9.96. The van der Waals surface area contributed by atoms with Gasteiger partial charge in [0.1, 0.15) is 0 Å². The van der Waals surface area contributed by atoms with Crippen LogP contribution in [-0.4, -0.2) is 55.6 Å². The Labute approximate surface area is 127 Å². The van der Waals surface area contributed by atoms with Gasteiger partial charge in [-0.1, -0.05) is 34.1 Å². The predicted molar refractivity (Wildman–Crippen MR) is 91.2 cm³/mol. The van der Waals surface area contributed by atoms with Crippen molar-refractivity contribution in [1.29, 1.82) is 0 Å². The molecule has 20 heavy (non-hydrogen) atoms. The highest BCUT2D eigenvalue weighted by Crippen LogP contribution is 2.14. The fourth-order valence-electron chi connectivity index (χ4n) is 2.88. The molecule has 2 N–H and O–H groups in total. The molecule has 0 rings (SSSR count). The highest BCUT2D eigenvalue weighted by molar-refractivity contribution is 4.63. The molecule has 122 valence electrons. The Morgan fingerprint density at radius 3 is 1.80 bits per heavy atom. The Balaban J connectivity index is 3.75. The minimum atomic E-state index is 0.842. The van der Waals surface area contributed by atoms with E-state index in [0.717, 1.165) is 12.5 Å². The van der Waals surface area contributed by atoms with Crippen molar-refractivity contribution in [1.82, 2.24) is 9.80 Å². The number of nitrogens with two attached hydrogens (primary N) is 1. The third-order valence-corrected chi connectivity index (χ3v) is 4.53. The molecular weight excluding hydrogens is 246 g/mol. The molecule has 0 saturated heterocycles. The van der Waals surface area contributed by atoms with Crippen LogP contribution in [0.1, 0.15) is 59.8 Å². The van der Waals surface area contributed by atoms with Crippen LogP contribution < -0.4 is 5.73 Å². The summed E-state index contributed by atoms with van der Waals surface area (Å²) >= 11 is 0. The maximum atomic E-state index is 5.67. The van der Waals surface area contributed by atoms with Gasteiger partial charge in [-0.25, -0.2) is 0 Å². The van der Waals surface area contributed by atoms with Crippen LogP contribution in [0, 0.1) is 5.92 Å². The molecule has 0 aliphatic heterocycles. The van der Waals surface area contributed by atoms with E-state index < -0.39 is 0 Å². The van der Waals surface area contributed by atoms with Gasteiger partial charge in [-0.05, 0) is 77.4 Å². The molecule has 1 unspecified atom stereocenters. The van der Waals surface area contributed by atoms with Crippen LogP contribution >= 0.6 is 0 Å². The molecule has 0 aromatic carbocycles. The molecule has 0 saturated carbocycles. The summed E-state index contributed by atoms with van der Waals surface area (Å²) in [5.41, 5.74) is 5.67. The Kier molecular flexibility index (Phi) is 13.8. The minimum Gasteiger partial charge on any atom is -0.330 e. The summed E-state index contributed by atoms with van der Waals surface area (Å²) < 4.78 is 0. The summed E-state index contributed by atoms with van der Waals surface area (Å²) in [6, 6.07) is 0. The van der Waals surface area contributed by atoms with Gasteiger partial charge in [0.15, 0.2) is 0 Å². The molecule has 0 aliphatic rings. The average molecular weight is 286 g/mol. The zero-order valence-electron chi connectivity index (χ0n) is 14.5. The minimum absolute atomic E-state index is 0.842. The van der Waals surface area contributed by atoms with E-state index in [0.29, 0.717) is 0 Å². The molecule has 3 heteroatoms. The molecule has 0 fully saturated rings. The second-order valence-electron chi connectivity index (χ2n) is 5.81. The fourth-order valence-corrected chi connectivity index (χ4v) is 2.88. The molecule has 0 spiro atoms. The molecule has 0 bridgehead atoms. The molecule has 0 aliphatic carbocycles. The lowest BCUT2D eigenvalue weighted by molar-refractivity contribution is 0.235. The van der Waals surface area contributed by atoms with E-state index in [1.165, 1.54) is 71.4 Å². The maximum absolute atomic E-state index is 5.67. The zero-order valence-corrected chi connectivity index (χ0v) is 14.5. The lowest BCUT2D eigenvalue weighted by Crippen LogP contribution is -2.30. The smallest absolute Gasteiger partial charge is 0.000666 e. The highest BCUT2D eigenvalue weighted by atomic mass is 15.1. The summed E-state index contributed by atoms with van der Waals surface area (Å²) in [5.74, 6) is 0.842. The molecule has 3 nitrogen and oxygen atoms in total. The van der Waals surface area contributed by atoms with Crippen molar-refractivity contribution < 1.29 is 0 Å². The zero-order chi connectivity index (χ0) is 15.2. The standard InChI is InChI=1S/C17H39N3/c1-5-17(12-13-18)11-9-14-20(8-4)16-10-15-19(6-2)7-3/h17H,5-16,18H2,1-4H3. The van der Waals surface area contributed by atoms with Crippen molar-refractivity contribution in [3.63, 3.8) is 0 Å². The van der Waals surface area contributed by atoms with Gasteiger partial charge < -0.3 is 15.5 Å². The van der Waals surface area contributed by atoms with Gasteiger partial charge in [-0.15, -0.1) is 0 Å². The number of rotatable bonds is 14. The topological polar surface area (TPSA) is 32.5 Å². The van der Waals surface area contributed by atoms with Crippen molar-refractivity contribution >= 4 is 0 Å². The maximum Gasteiger partial charge on any atom is -0.000666 e. The summed E-state index contributed by atoms with van der Waals surface area (Å²) in [7, 11) is 0. The van der Waals surface area contributed by atoms with Crippen molar-refractivity contribution in [2.75, 3.05) is 45.8 Å². The first-order valence-electron chi connectivity index (χ1n) is 8.86. The van der Waals surface area contributed by atoms with Crippen LogP contribution in [-0.2, 0) is 0 Å². The fraction of sp³-hybridized carbons (Fsp3) is 1.00. The molecule has 0 radical (unpaired) electrons. The number of hydrogen-bond acceptors (Lipinski definition) is 3. The number of nitrogens with zero attached hydrogens (tertiary/aromatic N) is 2. The van der Waals surface area contributed by atoms with Crippen LogP contribution in [0.4, 0.5) is 0 Å². The van der Waals surface area contributed by atoms with E-state index in [1.54, 1.807) is 0 Å². The van der Waals surface area contributed by atoms with Gasteiger partial charge in [0.05, 0.1) is 0 Å². The average Bonchev–Trinajstić information content (AvgIpc) is 2.48. The van der Waals surface area contributed by atoms with E-state index in [2.05, 4.69) is 37.5 Å². The van der Waals surface area contributed by atoms with Crippen molar-refractivity contribution in [2.24, 2.45) is 11.7 Å². The van der Waals surface area contributed by atoms with E-state index in [1.807, 2.05) is 0 Å². The van der Waals surface area contributed by atoms with E-state index in [-0.39, 0.29) is 0 Å². The molecule has 0 aromatic heterocycles. The van der Waals surface area contributed by atoms with Gasteiger partial charge in [-0.2, -0.15) is 0 Å². The molecule has 0 aromatic rings. The molecular formula is C17H39N3. The SMILES string of the molecule is CCC(CCN)CCCN(CC)CCCN(CC)CC. The predicted octanol–water partition coefficient (Wildman–Crippen LogP) is 3.20. The van der Waals surface area contributed by atoms with E-state index >= 15 is 0 Å². The first kappa shape index (κ1) is 19.9. The third kappa shape index (κ3) is 9.73. The lowest BCUT2D eigenvalue weighted by Gasteiger charge is -2.24. The Bertz CT molecular complexity index is 193.